The second-order valence-electron chi connectivity index (χ2n) is 7.96. The highest BCUT2D eigenvalue weighted by Gasteiger charge is 2.39. The van der Waals surface area contributed by atoms with Gasteiger partial charge in [0.25, 0.3) is 0 Å². The number of aliphatic carboxylic acids is 2. The predicted octanol–water partition coefficient (Wildman–Crippen LogP) is -3.73. The maximum Gasteiger partial charge on any atom is 0.326 e. The second-order valence-corrected chi connectivity index (χ2v) is 7.96. The summed E-state index contributed by atoms with van der Waals surface area (Å²) in [5.74, 6) is -5.40. The van der Waals surface area contributed by atoms with E-state index in [1.165, 1.54) is 11.8 Å². The van der Waals surface area contributed by atoms with Crippen molar-refractivity contribution in [1.29, 1.82) is 0 Å². The number of hydrogen-bond acceptors (Lipinski definition) is 8. The van der Waals surface area contributed by atoms with Crippen LogP contribution in [0.5, 0.6) is 0 Å². The molecule has 5 unspecified atom stereocenters. The molecule has 0 aromatic heterocycles. The molecule has 1 fully saturated rings. The average molecular weight is 488 g/mol. The molecule has 0 aromatic rings. The lowest BCUT2D eigenvalue weighted by Gasteiger charge is -2.29. The van der Waals surface area contributed by atoms with Crippen LogP contribution >= 0.6 is 0 Å². The van der Waals surface area contributed by atoms with E-state index >= 15 is 0 Å². The first-order chi connectivity index (χ1) is 15.8. The maximum absolute atomic E-state index is 12.8. The van der Waals surface area contributed by atoms with Gasteiger partial charge in [-0.2, -0.15) is 0 Å². The molecule has 0 radical (unpaired) electrons. The molecule has 15 nitrogen and oxygen atoms in total. The third-order valence-corrected chi connectivity index (χ3v) is 5.22. The van der Waals surface area contributed by atoms with Gasteiger partial charge in [0.2, 0.25) is 17.7 Å². The van der Waals surface area contributed by atoms with Crippen LogP contribution in [0.3, 0.4) is 0 Å². The zero-order valence-electron chi connectivity index (χ0n) is 18.8. The predicted molar refractivity (Wildman–Crippen MR) is 118 cm³/mol. The van der Waals surface area contributed by atoms with Crippen molar-refractivity contribution >= 4 is 35.6 Å². The van der Waals surface area contributed by atoms with E-state index in [2.05, 4.69) is 15.6 Å². The number of carbonyl (C=O) groups is 5. The molecule has 1 aliphatic rings. The standard InChI is InChI=1S/C19H33N7O8/c1-9(27)14(20)17(32)26-7-3-5-12(26)16(31)25-11(8-13(28)29)15(30)24-10(18(33)34)4-2-6-23-19(21)22/h9-12,14,27H,2-8,20H2,1H3,(H,24,30)(H,25,31)(H,28,29)(H,33,34)(H4,21,22,23). The number of hydrogen-bond donors (Lipinski definition) is 8. The lowest BCUT2D eigenvalue weighted by Crippen LogP contribution is -2.58. The highest BCUT2D eigenvalue weighted by Crippen LogP contribution is 2.19. The Morgan fingerprint density at radius 2 is 1.76 bits per heavy atom. The Morgan fingerprint density at radius 3 is 2.29 bits per heavy atom. The Balaban J connectivity index is 2.89. The molecule has 0 aromatic carbocycles. The van der Waals surface area contributed by atoms with E-state index < -0.39 is 66.4 Å². The molecule has 15 heteroatoms. The molecule has 0 saturated carbocycles. The highest BCUT2D eigenvalue weighted by molar-refractivity contribution is 5.95. The molecule has 3 amide bonds. The molecule has 1 rings (SSSR count). The first-order valence-corrected chi connectivity index (χ1v) is 10.7. The summed E-state index contributed by atoms with van der Waals surface area (Å²) in [7, 11) is 0. The molecular formula is C19H33N7O8. The zero-order chi connectivity index (χ0) is 26.0. The lowest BCUT2D eigenvalue weighted by atomic mass is 10.1. The number of nitrogens with two attached hydrogens (primary N) is 3. The van der Waals surface area contributed by atoms with Crippen molar-refractivity contribution in [2.75, 3.05) is 13.1 Å². The Hall–Kier alpha value is -3.46. The summed E-state index contributed by atoms with van der Waals surface area (Å²) in [6.07, 6.45) is -1.09. The Morgan fingerprint density at radius 1 is 1.12 bits per heavy atom. The van der Waals surface area contributed by atoms with Crippen LogP contribution in [0, 0.1) is 0 Å². The number of guanidine groups is 1. The van der Waals surface area contributed by atoms with E-state index in [4.69, 9.17) is 22.3 Å². The first-order valence-electron chi connectivity index (χ1n) is 10.7. The molecule has 11 N–H and O–H groups in total. The third kappa shape index (κ3) is 8.82. The minimum atomic E-state index is -1.59. The Labute approximate surface area is 195 Å². The van der Waals surface area contributed by atoms with Gasteiger partial charge in [-0.15, -0.1) is 0 Å². The fourth-order valence-electron chi connectivity index (χ4n) is 3.39. The number of carboxylic acids is 2. The normalized spacial score (nSPS) is 18.8. The van der Waals surface area contributed by atoms with Crippen molar-refractivity contribution < 1.29 is 39.3 Å². The van der Waals surface area contributed by atoms with Crippen molar-refractivity contribution in [3.05, 3.63) is 0 Å². The number of carboxylic acid groups (broad SMARTS) is 2. The molecular weight excluding hydrogens is 454 g/mol. The van der Waals surface area contributed by atoms with Gasteiger partial charge >= 0.3 is 11.9 Å². The van der Waals surface area contributed by atoms with Crippen LogP contribution in [0.2, 0.25) is 0 Å². The van der Waals surface area contributed by atoms with Gasteiger partial charge in [-0.05, 0) is 32.6 Å². The van der Waals surface area contributed by atoms with Crippen molar-refractivity contribution in [3.8, 4) is 0 Å². The van der Waals surface area contributed by atoms with E-state index in [9.17, 15) is 34.2 Å². The van der Waals surface area contributed by atoms with Gasteiger partial charge < -0.3 is 48.1 Å². The van der Waals surface area contributed by atoms with Crippen molar-refractivity contribution in [2.24, 2.45) is 22.2 Å². The van der Waals surface area contributed by atoms with Crippen LogP contribution in [0.25, 0.3) is 0 Å². The van der Waals surface area contributed by atoms with Crippen LogP contribution in [-0.4, -0.2) is 99.2 Å². The maximum atomic E-state index is 12.8. The fraction of sp³-hybridized carbons (Fsp3) is 0.684. The largest absolute Gasteiger partial charge is 0.481 e. The summed E-state index contributed by atoms with van der Waals surface area (Å²) in [6.45, 7) is 1.65. The van der Waals surface area contributed by atoms with E-state index in [0.717, 1.165) is 0 Å². The van der Waals surface area contributed by atoms with Gasteiger partial charge in [-0.25, -0.2) is 4.79 Å². The van der Waals surface area contributed by atoms with Crippen LogP contribution in [0.4, 0.5) is 0 Å². The fourth-order valence-corrected chi connectivity index (χ4v) is 3.39. The van der Waals surface area contributed by atoms with Crippen LogP contribution in [-0.2, 0) is 24.0 Å². The number of nitrogens with one attached hydrogen (secondary N) is 2. The molecule has 5 atom stereocenters. The number of rotatable bonds is 13. The minimum Gasteiger partial charge on any atom is -0.481 e. The van der Waals surface area contributed by atoms with Gasteiger partial charge in [0.05, 0.1) is 12.5 Å². The molecule has 0 spiro atoms. The monoisotopic (exact) mass is 487 g/mol. The van der Waals surface area contributed by atoms with Crippen molar-refractivity contribution in [2.45, 2.75) is 69.3 Å². The number of likely N-dealkylation sites (tertiary alicyclic amines) is 1. The van der Waals surface area contributed by atoms with Gasteiger partial charge in [0.15, 0.2) is 5.96 Å². The minimum absolute atomic E-state index is 0.0479. The van der Waals surface area contributed by atoms with E-state index in [0.29, 0.717) is 6.42 Å². The SMILES string of the molecule is CC(O)C(N)C(=O)N1CCCC1C(=O)NC(CC(=O)O)C(=O)NC(CCCN=C(N)N)C(=O)O. The molecule has 1 heterocycles. The summed E-state index contributed by atoms with van der Waals surface area (Å²) in [6, 6.07) is -5.23. The Kier molecular flexibility index (Phi) is 11.2. The Bertz CT molecular complexity index is 800. The number of nitrogens with zero attached hydrogens (tertiary/aromatic N) is 2. The van der Waals surface area contributed by atoms with Crippen molar-refractivity contribution in [1.82, 2.24) is 15.5 Å². The van der Waals surface area contributed by atoms with Crippen LogP contribution in [0.15, 0.2) is 4.99 Å². The van der Waals surface area contributed by atoms with Gasteiger partial charge in [-0.1, -0.05) is 0 Å². The number of carbonyl (C=O) groups excluding carboxylic acids is 3. The third-order valence-electron chi connectivity index (χ3n) is 5.22. The smallest absolute Gasteiger partial charge is 0.326 e. The summed E-state index contributed by atoms with van der Waals surface area (Å²) in [5.41, 5.74) is 16.1. The average Bonchev–Trinajstić information content (AvgIpc) is 3.23. The number of amides is 3. The molecule has 1 saturated heterocycles. The quantitative estimate of drug-likeness (QED) is 0.0710. The number of aliphatic hydroxyl groups excluding tert-OH is 1. The molecule has 192 valence electrons. The van der Waals surface area contributed by atoms with E-state index in [-0.39, 0.29) is 38.3 Å². The first kappa shape index (κ1) is 28.6. The summed E-state index contributed by atoms with van der Waals surface area (Å²) in [5, 5.41) is 32.6. The molecule has 0 aliphatic carbocycles. The molecule has 34 heavy (non-hydrogen) atoms. The molecule has 0 bridgehead atoms. The highest BCUT2D eigenvalue weighted by atomic mass is 16.4. The molecule has 1 aliphatic heterocycles. The topological polar surface area (TPSA) is 264 Å². The van der Waals surface area contributed by atoms with E-state index in [1.807, 2.05) is 0 Å². The number of aliphatic imine (C=N–C) groups is 1. The van der Waals surface area contributed by atoms with Crippen LogP contribution < -0.4 is 27.8 Å². The zero-order valence-corrected chi connectivity index (χ0v) is 18.8. The summed E-state index contributed by atoms with van der Waals surface area (Å²) >= 11 is 0. The summed E-state index contributed by atoms with van der Waals surface area (Å²) < 4.78 is 0. The van der Waals surface area contributed by atoms with Gasteiger partial charge in [-0.3, -0.25) is 24.2 Å². The summed E-state index contributed by atoms with van der Waals surface area (Å²) in [4.78, 5) is 65.6. The van der Waals surface area contributed by atoms with E-state index in [1.54, 1.807) is 0 Å². The van der Waals surface area contributed by atoms with Gasteiger partial charge in [0.1, 0.15) is 24.2 Å². The van der Waals surface area contributed by atoms with Crippen LogP contribution in [0.1, 0.15) is 39.0 Å². The van der Waals surface area contributed by atoms with Gasteiger partial charge in [0, 0.05) is 13.1 Å². The number of aliphatic hydroxyl groups is 1. The second kappa shape index (κ2) is 13.3. The lowest BCUT2D eigenvalue weighted by molar-refractivity contribution is -0.145. The van der Waals surface area contributed by atoms with Crippen molar-refractivity contribution in [3.63, 3.8) is 0 Å².